The first kappa shape index (κ1) is 21.3. The molecule has 0 saturated carbocycles. The maximum Gasteiger partial charge on any atom is 0.416 e. The molecule has 1 aliphatic heterocycles. The Bertz CT molecular complexity index is 940. The second kappa shape index (κ2) is 8.50. The van der Waals surface area contributed by atoms with Crippen molar-refractivity contribution in [3.05, 3.63) is 59.9 Å². The number of benzene rings is 1. The molecule has 0 aliphatic carbocycles. The van der Waals surface area contributed by atoms with Crippen molar-refractivity contribution in [2.75, 3.05) is 19.6 Å². The van der Waals surface area contributed by atoms with Gasteiger partial charge in [-0.1, -0.05) is 0 Å². The number of nitrogens with one attached hydrogen (secondary N) is 1. The zero-order valence-corrected chi connectivity index (χ0v) is 16.2. The number of piperidine rings is 1. The van der Waals surface area contributed by atoms with E-state index < -0.39 is 27.7 Å². The van der Waals surface area contributed by atoms with Crippen molar-refractivity contribution in [1.82, 2.24) is 14.6 Å². The van der Waals surface area contributed by atoms with Gasteiger partial charge in [-0.05, 0) is 55.2 Å². The van der Waals surface area contributed by atoms with Crippen LogP contribution in [0.3, 0.4) is 0 Å². The molecule has 2 aromatic rings. The summed E-state index contributed by atoms with van der Waals surface area (Å²) >= 11 is 0. The first-order chi connectivity index (χ1) is 13.7. The van der Waals surface area contributed by atoms with Gasteiger partial charge in [0, 0.05) is 37.6 Å². The van der Waals surface area contributed by atoms with E-state index in [-0.39, 0.29) is 16.4 Å². The van der Waals surface area contributed by atoms with Crippen molar-refractivity contribution in [2.24, 2.45) is 5.92 Å². The molecule has 10 heteroatoms. The van der Waals surface area contributed by atoms with E-state index in [9.17, 15) is 26.4 Å². The Morgan fingerprint density at radius 2 is 1.79 bits per heavy atom. The lowest BCUT2D eigenvalue weighted by atomic mass is 9.98. The highest BCUT2D eigenvalue weighted by atomic mass is 32.2. The zero-order chi connectivity index (χ0) is 21.1. The molecule has 0 atom stereocenters. The van der Waals surface area contributed by atoms with Crippen LogP contribution in [-0.4, -0.2) is 43.2 Å². The third-order valence-electron chi connectivity index (χ3n) is 4.87. The number of aromatic nitrogens is 1. The molecule has 0 spiro atoms. The standard InChI is InChI=1S/C19H20F3N3O3S/c20-19(21,22)16-5-3-15(4-6-16)18(26)24-12-14-7-10-25(11-8-14)29(27,28)17-2-1-9-23-13-17/h1-6,9,13-14H,7-8,10-12H2,(H,24,26). The first-order valence-electron chi connectivity index (χ1n) is 9.03. The average Bonchev–Trinajstić information content (AvgIpc) is 2.72. The van der Waals surface area contributed by atoms with E-state index in [4.69, 9.17) is 0 Å². The highest BCUT2D eigenvalue weighted by Gasteiger charge is 2.31. The Hall–Kier alpha value is -2.46. The number of pyridine rings is 1. The molecule has 1 aromatic carbocycles. The summed E-state index contributed by atoms with van der Waals surface area (Å²) < 4.78 is 64.3. The Labute approximate surface area is 166 Å². The zero-order valence-electron chi connectivity index (χ0n) is 15.4. The van der Waals surface area contributed by atoms with E-state index in [0.717, 1.165) is 24.3 Å². The Morgan fingerprint density at radius 1 is 1.14 bits per heavy atom. The fourth-order valence-corrected chi connectivity index (χ4v) is 4.59. The van der Waals surface area contributed by atoms with E-state index >= 15 is 0 Å². The van der Waals surface area contributed by atoms with Crippen molar-refractivity contribution in [3.63, 3.8) is 0 Å². The van der Waals surface area contributed by atoms with E-state index in [0.29, 0.717) is 32.5 Å². The summed E-state index contributed by atoms with van der Waals surface area (Å²) in [6, 6.07) is 7.09. The fraction of sp³-hybridized carbons (Fsp3) is 0.368. The van der Waals surface area contributed by atoms with Crippen LogP contribution in [0.5, 0.6) is 0 Å². The van der Waals surface area contributed by atoms with Crippen LogP contribution in [0.2, 0.25) is 0 Å². The molecule has 1 fully saturated rings. The molecule has 0 unspecified atom stereocenters. The molecular formula is C19H20F3N3O3S. The van der Waals surface area contributed by atoms with Gasteiger partial charge in [-0.25, -0.2) is 8.42 Å². The molecule has 1 saturated heterocycles. The van der Waals surface area contributed by atoms with Crippen molar-refractivity contribution in [2.45, 2.75) is 23.9 Å². The minimum atomic E-state index is -4.45. The molecule has 0 bridgehead atoms. The Kier molecular flexibility index (Phi) is 6.23. The summed E-state index contributed by atoms with van der Waals surface area (Å²) in [7, 11) is -3.58. The molecule has 1 aromatic heterocycles. The number of rotatable bonds is 5. The Balaban J connectivity index is 1.50. The lowest BCUT2D eigenvalue weighted by Gasteiger charge is -2.31. The number of carbonyl (C=O) groups excluding carboxylic acids is 1. The average molecular weight is 427 g/mol. The lowest BCUT2D eigenvalue weighted by Crippen LogP contribution is -2.41. The minimum Gasteiger partial charge on any atom is -0.352 e. The van der Waals surface area contributed by atoms with Gasteiger partial charge in [-0.3, -0.25) is 9.78 Å². The van der Waals surface area contributed by atoms with Gasteiger partial charge in [0.1, 0.15) is 4.90 Å². The molecular weight excluding hydrogens is 407 g/mol. The number of amides is 1. The summed E-state index contributed by atoms with van der Waals surface area (Å²) in [5, 5.41) is 2.71. The van der Waals surface area contributed by atoms with Gasteiger partial charge in [0.05, 0.1) is 5.56 Å². The minimum absolute atomic E-state index is 0.0914. The van der Waals surface area contributed by atoms with Gasteiger partial charge >= 0.3 is 6.18 Å². The number of nitrogens with zero attached hydrogens (tertiary/aromatic N) is 2. The van der Waals surface area contributed by atoms with Crippen molar-refractivity contribution < 1.29 is 26.4 Å². The maximum atomic E-state index is 12.6. The molecule has 1 aliphatic rings. The smallest absolute Gasteiger partial charge is 0.352 e. The number of hydrogen-bond donors (Lipinski definition) is 1. The SMILES string of the molecule is O=C(NCC1CCN(S(=O)(=O)c2cccnc2)CC1)c1ccc(C(F)(F)F)cc1. The van der Waals surface area contributed by atoms with Crippen LogP contribution < -0.4 is 5.32 Å². The third kappa shape index (κ3) is 5.13. The molecule has 1 N–H and O–H groups in total. The lowest BCUT2D eigenvalue weighted by molar-refractivity contribution is -0.137. The number of sulfonamides is 1. The maximum absolute atomic E-state index is 12.6. The normalized spacial score (nSPS) is 16.5. The molecule has 156 valence electrons. The monoisotopic (exact) mass is 427 g/mol. The molecule has 1 amide bonds. The van der Waals surface area contributed by atoms with Crippen LogP contribution in [-0.2, 0) is 16.2 Å². The van der Waals surface area contributed by atoms with E-state index in [1.807, 2.05) is 0 Å². The predicted molar refractivity (Wildman–Crippen MR) is 99.5 cm³/mol. The summed E-state index contributed by atoms with van der Waals surface area (Å²) in [5.41, 5.74) is -0.661. The highest BCUT2D eigenvalue weighted by molar-refractivity contribution is 7.89. The third-order valence-corrected chi connectivity index (χ3v) is 6.75. The number of alkyl halides is 3. The summed E-state index contributed by atoms with van der Waals surface area (Å²) in [6.07, 6.45) is -0.477. The van der Waals surface area contributed by atoms with E-state index in [1.165, 1.54) is 22.8 Å². The molecule has 0 radical (unpaired) electrons. The van der Waals surface area contributed by atoms with Gasteiger partial charge in [0.2, 0.25) is 10.0 Å². The summed E-state index contributed by atoms with van der Waals surface area (Å²) in [6.45, 7) is 0.997. The number of halogens is 3. The van der Waals surface area contributed by atoms with Crippen molar-refractivity contribution in [3.8, 4) is 0 Å². The second-order valence-electron chi connectivity index (χ2n) is 6.82. The van der Waals surface area contributed by atoms with Crippen LogP contribution in [0.4, 0.5) is 13.2 Å². The van der Waals surface area contributed by atoms with E-state index in [2.05, 4.69) is 10.3 Å². The summed E-state index contributed by atoms with van der Waals surface area (Å²) in [4.78, 5) is 16.1. The summed E-state index contributed by atoms with van der Waals surface area (Å²) in [5.74, 6) is -0.363. The quantitative estimate of drug-likeness (QED) is 0.796. The van der Waals surface area contributed by atoms with Crippen LogP contribution >= 0.6 is 0 Å². The van der Waals surface area contributed by atoms with Crippen LogP contribution in [0.25, 0.3) is 0 Å². The fourth-order valence-electron chi connectivity index (χ4n) is 3.15. The largest absolute Gasteiger partial charge is 0.416 e. The molecule has 6 nitrogen and oxygen atoms in total. The van der Waals surface area contributed by atoms with Gasteiger partial charge < -0.3 is 5.32 Å². The highest BCUT2D eigenvalue weighted by Crippen LogP contribution is 2.29. The molecule has 2 heterocycles. The first-order valence-corrected chi connectivity index (χ1v) is 10.5. The van der Waals surface area contributed by atoms with Crippen molar-refractivity contribution in [1.29, 1.82) is 0 Å². The van der Waals surface area contributed by atoms with Gasteiger partial charge in [0.15, 0.2) is 0 Å². The van der Waals surface area contributed by atoms with Crippen LogP contribution in [0.1, 0.15) is 28.8 Å². The van der Waals surface area contributed by atoms with Gasteiger partial charge in [0.25, 0.3) is 5.91 Å². The van der Waals surface area contributed by atoms with Crippen LogP contribution in [0, 0.1) is 5.92 Å². The van der Waals surface area contributed by atoms with Gasteiger partial charge in [-0.2, -0.15) is 17.5 Å². The van der Waals surface area contributed by atoms with Crippen LogP contribution in [0.15, 0.2) is 53.7 Å². The second-order valence-corrected chi connectivity index (χ2v) is 8.76. The van der Waals surface area contributed by atoms with Crippen molar-refractivity contribution >= 4 is 15.9 Å². The Morgan fingerprint density at radius 3 is 2.34 bits per heavy atom. The number of carbonyl (C=O) groups is 1. The molecule has 29 heavy (non-hydrogen) atoms. The van der Waals surface area contributed by atoms with Gasteiger partial charge in [-0.15, -0.1) is 0 Å². The topological polar surface area (TPSA) is 79.4 Å². The van der Waals surface area contributed by atoms with E-state index in [1.54, 1.807) is 6.07 Å². The predicted octanol–water partition coefficient (Wildman–Crippen LogP) is 2.93. The molecule has 3 rings (SSSR count). The number of hydrogen-bond acceptors (Lipinski definition) is 4.